The Morgan fingerprint density at radius 3 is 2.81 bits per heavy atom. The van der Waals surface area contributed by atoms with Gasteiger partial charge in [0.25, 0.3) is 0 Å². The molecule has 0 unspecified atom stereocenters. The van der Waals surface area contributed by atoms with Gasteiger partial charge in [-0.05, 0) is 39.0 Å². The van der Waals surface area contributed by atoms with Crippen LogP contribution in [0, 0.1) is 6.92 Å². The maximum Gasteiger partial charge on any atom is 0.248 e. The maximum absolute atomic E-state index is 12.4. The van der Waals surface area contributed by atoms with Gasteiger partial charge >= 0.3 is 0 Å². The smallest absolute Gasteiger partial charge is 0.248 e. The molecule has 0 N–H and O–H groups in total. The molecule has 3 rings (SSSR count). The number of rotatable bonds is 7. The van der Waals surface area contributed by atoms with E-state index in [1.165, 1.54) is 12.8 Å². The standard InChI is InChI=1S/C20H32N4O2/c1-3-4-12-26-15-20(25)24-11-7-8-17(14-24)18-13-19(22-16(2)21-18)23-9-5-6-10-23/h13,17H,3-12,14-15H2,1-2H3/t17-/m1/s1. The molecule has 0 radical (unpaired) electrons. The van der Waals surface area contributed by atoms with E-state index in [-0.39, 0.29) is 12.5 Å². The van der Waals surface area contributed by atoms with E-state index in [2.05, 4.69) is 22.9 Å². The third-order valence-electron chi connectivity index (χ3n) is 5.33. The first-order valence-electron chi connectivity index (χ1n) is 10.1. The number of carbonyl (C=O) groups excluding carboxylic acids is 1. The van der Waals surface area contributed by atoms with E-state index in [9.17, 15) is 4.79 Å². The predicted molar refractivity (Wildman–Crippen MR) is 102 cm³/mol. The van der Waals surface area contributed by atoms with Crippen LogP contribution in [0.2, 0.25) is 0 Å². The Morgan fingerprint density at radius 1 is 1.23 bits per heavy atom. The molecule has 0 spiro atoms. The molecule has 6 nitrogen and oxygen atoms in total. The molecule has 0 aliphatic carbocycles. The molecule has 144 valence electrons. The van der Waals surface area contributed by atoms with E-state index in [0.29, 0.717) is 12.5 Å². The third kappa shape index (κ3) is 4.93. The van der Waals surface area contributed by atoms with Crippen LogP contribution in [0.1, 0.15) is 62.9 Å². The fourth-order valence-corrected chi connectivity index (χ4v) is 3.83. The van der Waals surface area contributed by atoms with Crippen LogP contribution < -0.4 is 4.90 Å². The number of likely N-dealkylation sites (tertiary alicyclic amines) is 1. The van der Waals surface area contributed by atoms with Gasteiger partial charge in [0.1, 0.15) is 18.2 Å². The maximum atomic E-state index is 12.4. The number of hydrogen-bond acceptors (Lipinski definition) is 5. The summed E-state index contributed by atoms with van der Waals surface area (Å²) in [6.45, 7) is 8.71. The van der Waals surface area contributed by atoms with E-state index in [1.54, 1.807) is 0 Å². The summed E-state index contributed by atoms with van der Waals surface area (Å²) < 4.78 is 5.51. The molecular formula is C20H32N4O2. The number of aromatic nitrogens is 2. The first-order valence-corrected chi connectivity index (χ1v) is 10.1. The van der Waals surface area contributed by atoms with E-state index in [1.807, 2.05) is 11.8 Å². The number of anilines is 1. The summed E-state index contributed by atoms with van der Waals surface area (Å²) in [6, 6.07) is 2.15. The molecule has 0 saturated carbocycles. The lowest BCUT2D eigenvalue weighted by Gasteiger charge is -2.33. The number of amides is 1. The topological polar surface area (TPSA) is 58.6 Å². The average molecular weight is 361 g/mol. The van der Waals surface area contributed by atoms with Crippen molar-refractivity contribution in [2.45, 2.75) is 58.3 Å². The van der Waals surface area contributed by atoms with Gasteiger partial charge in [0.2, 0.25) is 5.91 Å². The molecular weight excluding hydrogens is 328 g/mol. The Labute approximate surface area is 156 Å². The molecule has 1 aromatic heterocycles. The lowest BCUT2D eigenvalue weighted by molar-refractivity contribution is -0.137. The Bertz CT molecular complexity index is 601. The molecule has 2 aliphatic heterocycles. The van der Waals surface area contributed by atoms with Crippen molar-refractivity contribution >= 4 is 11.7 Å². The molecule has 0 bridgehead atoms. The predicted octanol–water partition coefficient (Wildman–Crippen LogP) is 2.91. The molecule has 1 amide bonds. The minimum absolute atomic E-state index is 0.108. The molecule has 1 aromatic rings. The van der Waals surface area contributed by atoms with Gasteiger partial charge in [-0.25, -0.2) is 9.97 Å². The second-order valence-corrected chi connectivity index (χ2v) is 7.48. The molecule has 3 heterocycles. The van der Waals surface area contributed by atoms with Gasteiger partial charge in [0.05, 0.1) is 5.69 Å². The Morgan fingerprint density at radius 2 is 2.04 bits per heavy atom. The van der Waals surface area contributed by atoms with Crippen molar-refractivity contribution < 1.29 is 9.53 Å². The van der Waals surface area contributed by atoms with Gasteiger partial charge in [-0.2, -0.15) is 0 Å². The number of unbranched alkanes of at least 4 members (excludes halogenated alkanes) is 1. The lowest BCUT2D eigenvalue weighted by Crippen LogP contribution is -2.41. The number of aryl methyl sites for hydroxylation is 1. The van der Waals surface area contributed by atoms with Gasteiger partial charge in [-0.3, -0.25) is 4.79 Å². The molecule has 1 atom stereocenters. The molecule has 26 heavy (non-hydrogen) atoms. The van der Waals surface area contributed by atoms with E-state index in [4.69, 9.17) is 9.72 Å². The first-order chi connectivity index (χ1) is 12.7. The van der Waals surface area contributed by atoms with E-state index in [0.717, 1.165) is 69.2 Å². The van der Waals surface area contributed by atoms with Crippen LogP contribution in [0.3, 0.4) is 0 Å². The number of hydrogen-bond donors (Lipinski definition) is 0. The second-order valence-electron chi connectivity index (χ2n) is 7.48. The van der Waals surface area contributed by atoms with Crippen LogP contribution in [0.5, 0.6) is 0 Å². The highest BCUT2D eigenvalue weighted by Gasteiger charge is 2.27. The van der Waals surface area contributed by atoms with Gasteiger partial charge in [-0.15, -0.1) is 0 Å². The zero-order valence-electron chi connectivity index (χ0n) is 16.2. The number of piperidine rings is 1. The SMILES string of the molecule is CCCCOCC(=O)N1CCC[C@@H](c2cc(N3CCCC3)nc(C)n2)C1. The molecule has 2 aliphatic rings. The van der Waals surface area contributed by atoms with Gasteiger partial charge in [0.15, 0.2) is 0 Å². The molecule has 2 fully saturated rings. The zero-order valence-corrected chi connectivity index (χ0v) is 16.2. The van der Waals surface area contributed by atoms with Crippen molar-refractivity contribution in [2.24, 2.45) is 0 Å². The van der Waals surface area contributed by atoms with E-state index < -0.39 is 0 Å². The van der Waals surface area contributed by atoms with Crippen molar-refractivity contribution in [1.29, 1.82) is 0 Å². The zero-order chi connectivity index (χ0) is 18.4. The quantitative estimate of drug-likeness (QED) is 0.700. The largest absolute Gasteiger partial charge is 0.372 e. The number of ether oxygens (including phenoxy) is 1. The highest BCUT2D eigenvalue weighted by atomic mass is 16.5. The summed E-state index contributed by atoms with van der Waals surface area (Å²) in [7, 11) is 0. The van der Waals surface area contributed by atoms with Crippen molar-refractivity contribution in [2.75, 3.05) is 44.3 Å². The summed E-state index contributed by atoms with van der Waals surface area (Å²) in [5, 5.41) is 0. The molecule has 0 aromatic carbocycles. The Hall–Kier alpha value is -1.69. The van der Waals surface area contributed by atoms with Crippen molar-refractivity contribution in [3.8, 4) is 0 Å². The third-order valence-corrected chi connectivity index (χ3v) is 5.33. The summed E-state index contributed by atoms with van der Waals surface area (Å²) >= 11 is 0. The van der Waals surface area contributed by atoms with Crippen LogP contribution in [-0.2, 0) is 9.53 Å². The van der Waals surface area contributed by atoms with Crippen LogP contribution in [0.4, 0.5) is 5.82 Å². The normalized spacial score (nSPS) is 20.6. The van der Waals surface area contributed by atoms with Gasteiger partial charge < -0.3 is 14.5 Å². The molecule has 6 heteroatoms. The summed E-state index contributed by atoms with van der Waals surface area (Å²) in [6.07, 6.45) is 6.68. The minimum atomic E-state index is 0.108. The highest BCUT2D eigenvalue weighted by molar-refractivity contribution is 5.77. The Balaban J connectivity index is 1.62. The van der Waals surface area contributed by atoms with Crippen molar-refractivity contribution in [3.63, 3.8) is 0 Å². The highest BCUT2D eigenvalue weighted by Crippen LogP contribution is 2.28. The second kappa shape index (κ2) is 9.31. The summed E-state index contributed by atoms with van der Waals surface area (Å²) in [4.78, 5) is 26.1. The number of nitrogens with zero attached hydrogens (tertiary/aromatic N) is 4. The van der Waals surface area contributed by atoms with Crippen LogP contribution in [0.25, 0.3) is 0 Å². The molecule has 2 saturated heterocycles. The fourth-order valence-electron chi connectivity index (χ4n) is 3.83. The lowest BCUT2D eigenvalue weighted by atomic mass is 9.94. The minimum Gasteiger partial charge on any atom is -0.372 e. The van der Waals surface area contributed by atoms with Gasteiger partial charge in [0, 0.05) is 44.8 Å². The van der Waals surface area contributed by atoms with Crippen LogP contribution in [-0.4, -0.2) is 60.2 Å². The first kappa shape index (κ1) is 19.1. The van der Waals surface area contributed by atoms with Crippen LogP contribution in [0.15, 0.2) is 6.07 Å². The fraction of sp³-hybridized carbons (Fsp3) is 0.750. The summed E-state index contributed by atoms with van der Waals surface area (Å²) in [5.41, 5.74) is 1.09. The van der Waals surface area contributed by atoms with E-state index >= 15 is 0 Å². The summed E-state index contributed by atoms with van der Waals surface area (Å²) in [5.74, 6) is 2.29. The Kier molecular flexibility index (Phi) is 6.83. The van der Waals surface area contributed by atoms with Crippen LogP contribution >= 0.6 is 0 Å². The average Bonchev–Trinajstić information content (AvgIpc) is 3.19. The van der Waals surface area contributed by atoms with Gasteiger partial charge in [-0.1, -0.05) is 13.3 Å². The number of carbonyl (C=O) groups is 1. The van der Waals surface area contributed by atoms with Crippen molar-refractivity contribution in [1.82, 2.24) is 14.9 Å². The van der Waals surface area contributed by atoms with Crippen molar-refractivity contribution in [3.05, 3.63) is 17.6 Å². The monoisotopic (exact) mass is 360 g/mol.